The predicted octanol–water partition coefficient (Wildman–Crippen LogP) is 0.532. The number of carboxylic acid groups (broad SMARTS) is 1. The van der Waals surface area contributed by atoms with Crippen LogP contribution in [0.3, 0.4) is 0 Å². The van der Waals surface area contributed by atoms with E-state index in [1.165, 1.54) is 10.7 Å². The van der Waals surface area contributed by atoms with Crippen LogP contribution in [-0.2, 0) is 7.05 Å². The fraction of sp³-hybridized carbons (Fsp3) is 0.100. The Hall–Kier alpha value is -1.57. The van der Waals surface area contributed by atoms with Gasteiger partial charge < -0.3 is 5.11 Å². The summed E-state index contributed by atoms with van der Waals surface area (Å²) in [7, 11) is 1.69. The SMILES string of the molecule is Cn1nc(C(=O)O)cc1-c1ccccn1.[LiH]. The number of hydrogen-bond donors (Lipinski definition) is 1. The molecule has 5 nitrogen and oxygen atoms in total. The molecule has 0 saturated heterocycles. The normalized spacial score (nSPS) is 9.56. The molecule has 0 fully saturated rings. The van der Waals surface area contributed by atoms with Gasteiger partial charge in [-0.1, -0.05) is 6.07 Å². The Bertz CT molecular complexity index is 496. The van der Waals surface area contributed by atoms with E-state index in [2.05, 4.69) is 10.1 Å². The molecule has 2 rings (SSSR count). The quantitative estimate of drug-likeness (QED) is 0.736. The maximum atomic E-state index is 10.7. The zero-order valence-corrected chi connectivity index (χ0v) is 8.08. The molecule has 0 amide bonds. The van der Waals surface area contributed by atoms with Gasteiger partial charge >= 0.3 is 24.8 Å². The van der Waals surface area contributed by atoms with Crippen molar-refractivity contribution in [2.75, 3.05) is 0 Å². The summed E-state index contributed by atoms with van der Waals surface area (Å²) in [5.74, 6) is -1.03. The second kappa shape index (κ2) is 4.97. The standard InChI is InChI=1S/C10H9N3O2.Li.H/c1-13-9(6-8(12-13)10(14)15)7-4-2-3-5-11-7;;/h2-6H,1H3,(H,14,15);;. The average molecular weight is 211 g/mol. The first-order valence-corrected chi connectivity index (χ1v) is 4.37. The fourth-order valence-electron chi connectivity index (χ4n) is 1.33. The predicted molar refractivity (Wildman–Crippen MR) is 60.5 cm³/mol. The second-order valence-electron chi connectivity index (χ2n) is 3.06. The number of carboxylic acids is 1. The molecule has 78 valence electrons. The van der Waals surface area contributed by atoms with E-state index in [0.29, 0.717) is 11.4 Å². The average Bonchev–Trinajstić information content (AvgIpc) is 2.62. The van der Waals surface area contributed by atoms with Crippen molar-refractivity contribution in [3.63, 3.8) is 0 Å². The van der Waals surface area contributed by atoms with Crippen molar-refractivity contribution in [3.05, 3.63) is 36.2 Å². The van der Waals surface area contributed by atoms with Crippen LogP contribution in [-0.4, -0.2) is 44.7 Å². The topological polar surface area (TPSA) is 68.0 Å². The Kier molecular flexibility index (Phi) is 3.88. The number of aryl methyl sites for hydroxylation is 1. The molecule has 0 saturated carbocycles. The fourth-order valence-corrected chi connectivity index (χ4v) is 1.33. The molecule has 0 atom stereocenters. The Morgan fingerprint density at radius 1 is 1.44 bits per heavy atom. The van der Waals surface area contributed by atoms with Crippen LogP contribution < -0.4 is 0 Å². The van der Waals surface area contributed by atoms with Crippen LogP contribution in [0, 0.1) is 0 Å². The summed E-state index contributed by atoms with van der Waals surface area (Å²) in [6.07, 6.45) is 1.66. The van der Waals surface area contributed by atoms with Crippen LogP contribution in [0.25, 0.3) is 11.4 Å². The van der Waals surface area contributed by atoms with E-state index in [1.807, 2.05) is 12.1 Å². The van der Waals surface area contributed by atoms with E-state index in [9.17, 15) is 4.79 Å². The zero-order chi connectivity index (χ0) is 10.8. The molecule has 0 unspecified atom stereocenters. The number of aromatic nitrogens is 3. The van der Waals surface area contributed by atoms with Crippen molar-refractivity contribution in [2.24, 2.45) is 7.05 Å². The van der Waals surface area contributed by atoms with Gasteiger partial charge in [-0.3, -0.25) is 9.67 Å². The molecular formula is C10H10LiN3O2. The van der Waals surface area contributed by atoms with Crippen LogP contribution in [0.15, 0.2) is 30.5 Å². The molecule has 2 heterocycles. The molecule has 1 N–H and O–H groups in total. The van der Waals surface area contributed by atoms with Gasteiger partial charge in [0, 0.05) is 19.3 Å². The van der Waals surface area contributed by atoms with E-state index in [-0.39, 0.29) is 24.6 Å². The van der Waals surface area contributed by atoms with E-state index in [1.54, 1.807) is 19.3 Å². The summed E-state index contributed by atoms with van der Waals surface area (Å²) in [5.41, 5.74) is 1.42. The third-order valence-corrected chi connectivity index (χ3v) is 2.03. The molecule has 2 aromatic rings. The summed E-state index contributed by atoms with van der Waals surface area (Å²) < 4.78 is 1.51. The van der Waals surface area contributed by atoms with Crippen molar-refractivity contribution >= 4 is 24.8 Å². The third kappa shape index (κ3) is 2.32. The van der Waals surface area contributed by atoms with Crippen molar-refractivity contribution in [1.29, 1.82) is 0 Å². The van der Waals surface area contributed by atoms with Crippen molar-refractivity contribution in [1.82, 2.24) is 14.8 Å². The van der Waals surface area contributed by atoms with Crippen LogP contribution in [0.2, 0.25) is 0 Å². The molecule has 2 aromatic heterocycles. The van der Waals surface area contributed by atoms with Crippen LogP contribution in [0.1, 0.15) is 10.5 Å². The Morgan fingerprint density at radius 3 is 2.69 bits per heavy atom. The molecule has 0 aliphatic rings. The number of carbonyl (C=O) groups is 1. The van der Waals surface area contributed by atoms with Gasteiger partial charge in [-0.15, -0.1) is 0 Å². The van der Waals surface area contributed by atoms with Gasteiger partial charge in [0.15, 0.2) is 5.69 Å². The minimum absolute atomic E-state index is 0. The van der Waals surface area contributed by atoms with Gasteiger partial charge in [-0.05, 0) is 12.1 Å². The maximum absolute atomic E-state index is 10.7. The van der Waals surface area contributed by atoms with E-state index < -0.39 is 5.97 Å². The van der Waals surface area contributed by atoms with Crippen LogP contribution >= 0.6 is 0 Å². The molecule has 0 radical (unpaired) electrons. The van der Waals surface area contributed by atoms with E-state index in [0.717, 1.165) is 0 Å². The Balaban J connectivity index is 0.00000128. The molecule has 0 spiro atoms. The summed E-state index contributed by atoms with van der Waals surface area (Å²) in [6, 6.07) is 6.96. The van der Waals surface area contributed by atoms with Gasteiger partial charge in [-0.25, -0.2) is 4.79 Å². The molecule has 0 aliphatic carbocycles. The van der Waals surface area contributed by atoms with Crippen molar-refractivity contribution in [3.8, 4) is 11.4 Å². The summed E-state index contributed by atoms with van der Waals surface area (Å²) in [4.78, 5) is 14.8. The number of nitrogens with zero attached hydrogens (tertiary/aromatic N) is 3. The van der Waals surface area contributed by atoms with Crippen molar-refractivity contribution < 1.29 is 9.90 Å². The molecule has 6 heteroatoms. The summed E-state index contributed by atoms with van der Waals surface area (Å²) >= 11 is 0. The van der Waals surface area contributed by atoms with Gasteiger partial charge in [0.2, 0.25) is 0 Å². The minimum atomic E-state index is -1.03. The van der Waals surface area contributed by atoms with Gasteiger partial charge in [0.05, 0.1) is 11.4 Å². The monoisotopic (exact) mass is 211 g/mol. The van der Waals surface area contributed by atoms with Crippen molar-refractivity contribution in [2.45, 2.75) is 0 Å². The first kappa shape index (κ1) is 12.5. The molecule has 16 heavy (non-hydrogen) atoms. The zero-order valence-electron chi connectivity index (χ0n) is 8.08. The first-order valence-electron chi connectivity index (χ1n) is 4.37. The van der Waals surface area contributed by atoms with E-state index in [4.69, 9.17) is 5.11 Å². The second-order valence-corrected chi connectivity index (χ2v) is 3.06. The third-order valence-electron chi connectivity index (χ3n) is 2.03. The van der Waals surface area contributed by atoms with Gasteiger partial charge in [-0.2, -0.15) is 5.10 Å². The number of rotatable bonds is 2. The molecular weight excluding hydrogens is 201 g/mol. The van der Waals surface area contributed by atoms with Crippen LogP contribution in [0.4, 0.5) is 0 Å². The number of hydrogen-bond acceptors (Lipinski definition) is 3. The Morgan fingerprint density at radius 2 is 2.19 bits per heavy atom. The molecule has 0 aromatic carbocycles. The Labute approximate surface area is 104 Å². The summed E-state index contributed by atoms with van der Waals surface area (Å²) in [6.45, 7) is 0. The molecule has 0 bridgehead atoms. The van der Waals surface area contributed by atoms with Crippen LogP contribution in [0.5, 0.6) is 0 Å². The summed E-state index contributed by atoms with van der Waals surface area (Å²) in [5, 5.41) is 12.6. The number of pyridine rings is 1. The van der Waals surface area contributed by atoms with Gasteiger partial charge in [0.25, 0.3) is 0 Å². The van der Waals surface area contributed by atoms with E-state index >= 15 is 0 Å². The first-order chi connectivity index (χ1) is 7.18. The number of aromatic carboxylic acids is 1. The molecule has 0 aliphatic heterocycles. The van der Waals surface area contributed by atoms with Gasteiger partial charge in [0.1, 0.15) is 0 Å².